The van der Waals surface area contributed by atoms with Crippen molar-refractivity contribution in [1.29, 1.82) is 0 Å². The maximum absolute atomic E-state index is 12.9. The second-order valence-electron chi connectivity index (χ2n) is 9.54. The van der Waals surface area contributed by atoms with Crippen LogP contribution in [0.15, 0.2) is 41.8 Å². The maximum atomic E-state index is 12.9. The Morgan fingerprint density at radius 3 is 2.81 bits per heavy atom. The molecule has 1 amide bonds. The molecule has 12 heteroatoms. The quantitative estimate of drug-likeness (QED) is 0.488. The van der Waals surface area contributed by atoms with Crippen LogP contribution in [0.4, 0.5) is 13.2 Å². The van der Waals surface area contributed by atoms with Crippen LogP contribution in [-0.2, 0) is 34.4 Å². The summed E-state index contributed by atoms with van der Waals surface area (Å²) in [6.07, 6.45) is 0.814. The number of nitrogens with one attached hydrogen (secondary N) is 1. The molecule has 0 bridgehead atoms. The van der Waals surface area contributed by atoms with Gasteiger partial charge in [-0.3, -0.25) is 15.1 Å². The first kappa shape index (κ1) is 24.4. The topological polar surface area (TPSA) is 72.3 Å². The molecule has 1 fully saturated rings. The van der Waals surface area contributed by atoms with Crippen LogP contribution in [0.3, 0.4) is 0 Å². The number of piperidine rings is 1. The molecular weight excluding hydrogens is 527 g/mol. The minimum Gasteiger partial charge on any atom is -0.341 e. The molecule has 6 rings (SSSR count). The molecule has 1 saturated heterocycles. The normalized spacial score (nSPS) is 21.8. The lowest BCUT2D eigenvalue weighted by Gasteiger charge is -2.31. The molecule has 0 saturated carbocycles. The third-order valence-electron chi connectivity index (χ3n) is 7.26. The van der Waals surface area contributed by atoms with Gasteiger partial charge in [0.1, 0.15) is 17.3 Å². The number of fused-ring (bicyclic) bond motifs is 2. The maximum Gasteiger partial charge on any atom is 0.435 e. The summed E-state index contributed by atoms with van der Waals surface area (Å²) in [4.78, 5) is 25.3. The van der Waals surface area contributed by atoms with Gasteiger partial charge in [-0.05, 0) is 42.9 Å². The van der Waals surface area contributed by atoms with Crippen LogP contribution < -0.4 is 5.48 Å². The number of carbonyl (C=O) groups is 1. The number of benzene rings is 1. The van der Waals surface area contributed by atoms with Crippen LogP contribution in [0.1, 0.15) is 52.7 Å². The molecular formula is C25H23ClF3N5O2S. The number of hydrogen-bond acceptors (Lipinski definition) is 6. The Balaban J connectivity index is 1.08. The zero-order chi connectivity index (χ0) is 25.8. The molecule has 0 unspecified atom stereocenters. The van der Waals surface area contributed by atoms with Crippen molar-refractivity contribution < 1.29 is 22.8 Å². The number of halogens is 4. The molecule has 0 radical (unpaired) electrons. The number of aryl methyl sites for hydroxylation is 1. The molecule has 1 spiro atoms. The molecule has 7 nitrogen and oxygen atoms in total. The Morgan fingerprint density at radius 1 is 1.27 bits per heavy atom. The van der Waals surface area contributed by atoms with Gasteiger partial charge in [0, 0.05) is 30.5 Å². The van der Waals surface area contributed by atoms with Gasteiger partial charge in [-0.1, -0.05) is 35.9 Å². The minimum absolute atomic E-state index is 0.206. The summed E-state index contributed by atoms with van der Waals surface area (Å²) in [5.41, 5.74) is 5.72. The van der Waals surface area contributed by atoms with Crippen molar-refractivity contribution in [2.24, 2.45) is 0 Å². The highest BCUT2D eigenvalue weighted by Crippen LogP contribution is 2.45. The van der Waals surface area contributed by atoms with Gasteiger partial charge in [-0.25, -0.2) is 9.67 Å². The van der Waals surface area contributed by atoms with Gasteiger partial charge >= 0.3 is 6.18 Å². The number of rotatable bonds is 4. The van der Waals surface area contributed by atoms with Gasteiger partial charge in [0.2, 0.25) is 5.91 Å². The van der Waals surface area contributed by atoms with Gasteiger partial charge in [-0.15, -0.1) is 11.3 Å². The molecule has 1 aliphatic carbocycles. The fourth-order valence-electron chi connectivity index (χ4n) is 5.27. The minimum atomic E-state index is -4.61. The molecule has 3 aromatic rings. The molecule has 1 aromatic carbocycles. The van der Waals surface area contributed by atoms with E-state index in [0.717, 1.165) is 52.8 Å². The van der Waals surface area contributed by atoms with Crippen molar-refractivity contribution in [2.45, 2.75) is 49.9 Å². The van der Waals surface area contributed by atoms with Gasteiger partial charge in [0.15, 0.2) is 5.69 Å². The van der Waals surface area contributed by atoms with E-state index in [4.69, 9.17) is 21.4 Å². The van der Waals surface area contributed by atoms with Crippen molar-refractivity contribution in [2.75, 3.05) is 13.1 Å². The van der Waals surface area contributed by atoms with E-state index in [0.29, 0.717) is 13.1 Å². The summed E-state index contributed by atoms with van der Waals surface area (Å²) in [6.45, 7) is 0.659. The van der Waals surface area contributed by atoms with Crippen LogP contribution in [-0.4, -0.2) is 38.7 Å². The first-order chi connectivity index (χ1) is 17.7. The van der Waals surface area contributed by atoms with E-state index >= 15 is 0 Å². The fraction of sp³-hybridized carbons (Fsp3) is 0.400. The first-order valence-corrected chi connectivity index (χ1v) is 13.3. The lowest BCUT2D eigenvalue weighted by molar-refractivity contribution is -0.142. The lowest BCUT2D eigenvalue weighted by atomic mass is 9.95. The number of amides is 1. The van der Waals surface area contributed by atoms with E-state index in [1.54, 1.807) is 16.2 Å². The number of thiazole rings is 1. The van der Waals surface area contributed by atoms with Crippen molar-refractivity contribution in [3.63, 3.8) is 0 Å². The zero-order valence-corrected chi connectivity index (χ0v) is 21.2. The average molecular weight is 550 g/mol. The number of aromatic nitrogens is 3. The average Bonchev–Trinajstić information content (AvgIpc) is 3.67. The number of likely N-dealkylation sites (tertiary alicyclic amines) is 1. The smallest absolute Gasteiger partial charge is 0.341 e. The van der Waals surface area contributed by atoms with Gasteiger partial charge in [0.25, 0.3) is 0 Å². The van der Waals surface area contributed by atoms with E-state index in [1.807, 2.05) is 17.5 Å². The van der Waals surface area contributed by atoms with E-state index in [1.165, 1.54) is 11.1 Å². The van der Waals surface area contributed by atoms with Crippen LogP contribution >= 0.6 is 22.9 Å². The van der Waals surface area contributed by atoms with Crippen molar-refractivity contribution in [3.05, 3.63) is 74.5 Å². The van der Waals surface area contributed by atoms with Crippen molar-refractivity contribution >= 4 is 34.5 Å². The molecule has 2 aromatic heterocycles. The highest BCUT2D eigenvalue weighted by Gasteiger charge is 2.43. The highest BCUT2D eigenvalue weighted by atomic mass is 35.5. The van der Waals surface area contributed by atoms with Crippen molar-refractivity contribution in [1.82, 2.24) is 25.1 Å². The number of hydroxylamine groups is 1. The van der Waals surface area contributed by atoms with Gasteiger partial charge in [0.05, 0.1) is 16.4 Å². The largest absolute Gasteiger partial charge is 0.435 e. The van der Waals surface area contributed by atoms with Crippen LogP contribution in [0.5, 0.6) is 0 Å². The number of hydrogen-bond donors (Lipinski definition) is 1. The molecule has 4 heterocycles. The SMILES string of the molecule is O=C(Cn1nc(C(F)(F)F)cc1Cl)N1CCC(c2nc(C3=C[C@@]4(CCc5ccccc54)ON3)cs2)CC1. The third-order valence-corrected chi connectivity index (χ3v) is 8.57. The van der Waals surface area contributed by atoms with E-state index < -0.39 is 17.5 Å². The Hall–Kier alpha value is -2.89. The number of carbonyl (C=O) groups excluding carboxylic acids is 1. The summed E-state index contributed by atoms with van der Waals surface area (Å²) < 4.78 is 39.5. The zero-order valence-electron chi connectivity index (χ0n) is 19.6. The Bertz CT molecular complexity index is 1380. The van der Waals surface area contributed by atoms with E-state index in [-0.39, 0.29) is 23.5 Å². The highest BCUT2D eigenvalue weighted by molar-refractivity contribution is 7.09. The third kappa shape index (κ3) is 4.53. The first-order valence-electron chi connectivity index (χ1n) is 12.0. The molecule has 1 atom stereocenters. The molecule has 37 heavy (non-hydrogen) atoms. The summed E-state index contributed by atoms with van der Waals surface area (Å²) in [6, 6.07) is 9.06. The van der Waals surface area contributed by atoms with Crippen LogP contribution in [0.2, 0.25) is 5.15 Å². The van der Waals surface area contributed by atoms with Gasteiger partial charge < -0.3 is 4.90 Å². The monoisotopic (exact) mass is 549 g/mol. The van der Waals surface area contributed by atoms with Crippen LogP contribution in [0, 0.1) is 0 Å². The summed E-state index contributed by atoms with van der Waals surface area (Å²) >= 11 is 7.45. The fourth-order valence-corrected chi connectivity index (χ4v) is 6.46. The Kier molecular flexibility index (Phi) is 6.04. The second-order valence-corrected chi connectivity index (χ2v) is 10.8. The molecule has 3 aliphatic rings. The van der Waals surface area contributed by atoms with Crippen LogP contribution in [0.25, 0.3) is 5.70 Å². The predicted molar refractivity (Wildman–Crippen MR) is 132 cm³/mol. The molecule has 2 aliphatic heterocycles. The molecule has 194 valence electrons. The lowest BCUT2D eigenvalue weighted by Crippen LogP contribution is -2.40. The van der Waals surface area contributed by atoms with E-state index in [9.17, 15) is 18.0 Å². The molecule has 1 N–H and O–H groups in total. The Morgan fingerprint density at radius 2 is 2.05 bits per heavy atom. The van der Waals surface area contributed by atoms with Crippen molar-refractivity contribution in [3.8, 4) is 0 Å². The summed E-state index contributed by atoms with van der Waals surface area (Å²) in [5.74, 6) is -0.103. The summed E-state index contributed by atoms with van der Waals surface area (Å²) in [7, 11) is 0. The van der Waals surface area contributed by atoms with Gasteiger partial charge in [-0.2, -0.15) is 18.3 Å². The Labute approximate surface area is 219 Å². The summed E-state index contributed by atoms with van der Waals surface area (Å²) in [5, 5.41) is 6.25. The number of alkyl halides is 3. The number of nitrogens with zero attached hydrogens (tertiary/aromatic N) is 4. The standard InChI is InChI=1S/C25H23ClF3N5O2S/c26-21-11-20(25(27,28)29)31-34(21)13-22(35)33-9-6-16(7-10-33)23-30-19(14-37-23)18-12-24(36-32-18)8-5-15-3-1-2-4-17(15)24/h1-4,11-12,14,16,32H,5-10,13H2/t24-/m1/s1. The second kappa shape index (κ2) is 9.14. The van der Waals surface area contributed by atoms with E-state index in [2.05, 4.69) is 28.8 Å². The predicted octanol–water partition coefficient (Wildman–Crippen LogP) is 5.14.